The highest BCUT2D eigenvalue weighted by Crippen LogP contribution is 2.21. The molecule has 0 aromatic rings. The molecule has 11 nitrogen and oxygen atoms in total. The van der Waals surface area contributed by atoms with E-state index in [4.69, 9.17) is 28.8 Å². The molecule has 1 fully saturated rings. The van der Waals surface area contributed by atoms with Crippen LogP contribution in [0.4, 0.5) is 0 Å². The van der Waals surface area contributed by atoms with E-state index in [1.807, 2.05) is 0 Å². The van der Waals surface area contributed by atoms with Gasteiger partial charge < -0.3 is 49.4 Å². The number of nitrogens with one attached hydrogen (secondary N) is 1. The standard InChI is InChI=1S/C16H31NO10/c1-23-4-2-12(19)17-3-5-24-6-7-25-8-9-26-16-15(22)14(21)13(20)11(10-18)27-16/h11,13-16,18,20-22H,2-10H2,1H3,(H,17,19)/t11?,13-,14?,15-,16+/m1/s1. The van der Waals surface area contributed by atoms with Crippen molar-refractivity contribution in [1.82, 2.24) is 5.32 Å². The lowest BCUT2D eigenvalue weighted by Gasteiger charge is -2.39. The summed E-state index contributed by atoms with van der Waals surface area (Å²) in [6, 6.07) is 0. The summed E-state index contributed by atoms with van der Waals surface area (Å²) in [5.74, 6) is -0.0953. The second kappa shape index (κ2) is 14.2. The van der Waals surface area contributed by atoms with Gasteiger partial charge in [0.25, 0.3) is 0 Å². The van der Waals surface area contributed by atoms with Gasteiger partial charge in [0.05, 0.1) is 46.2 Å². The molecule has 0 radical (unpaired) electrons. The van der Waals surface area contributed by atoms with Gasteiger partial charge in [-0.1, -0.05) is 0 Å². The first kappa shape index (κ1) is 24.1. The molecule has 27 heavy (non-hydrogen) atoms. The Labute approximate surface area is 158 Å². The van der Waals surface area contributed by atoms with E-state index >= 15 is 0 Å². The molecular weight excluding hydrogens is 366 g/mol. The van der Waals surface area contributed by atoms with Crippen LogP contribution in [0.2, 0.25) is 0 Å². The molecule has 1 amide bonds. The van der Waals surface area contributed by atoms with E-state index < -0.39 is 37.3 Å². The zero-order chi connectivity index (χ0) is 20.1. The summed E-state index contributed by atoms with van der Waals surface area (Å²) in [4.78, 5) is 11.3. The van der Waals surface area contributed by atoms with Crippen molar-refractivity contribution in [3.8, 4) is 0 Å². The predicted molar refractivity (Wildman–Crippen MR) is 90.9 cm³/mol. The van der Waals surface area contributed by atoms with Crippen molar-refractivity contribution in [1.29, 1.82) is 0 Å². The minimum absolute atomic E-state index is 0.0816. The van der Waals surface area contributed by atoms with Crippen LogP contribution in [0, 0.1) is 0 Å². The molecule has 11 heteroatoms. The molecule has 1 aliphatic heterocycles. The van der Waals surface area contributed by atoms with Crippen LogP contribution in [0.1, 0.15) is 6.42 Å². The van der Waals surface area contributed by atoms with Crippen LogP contribution in [0.3, 0.4) is 0 Å². The van der Waals surface area contributed by atoms with Crippen molar-refractivity contribution in [3.05, 3.63) is 0 Å². The summed E-state index contributed by atoms with van der Waals surface area (Å²) in [7, 11) is 1.53. The van der Waals surface area contributed by atoms with Crippen molar-refractivity contribution < 1.29 is 48.9 Å². The lowest BCUT2D eigenvalue weighted by molar-refractivity contribution is -0.302. The van der Waals surface area contributed by atoms with Gasteiger partial charge in [-0.25, -0.2) is 0 Å². The van der Waals surface area contributed by atoms with Crippen LogP contribution in [0.5, 0.6) is 0 Å². The van der Waals surface area contributed by atoms with Gasteiger partial charge in [-0.15, -0.1) is 0 Å². The zero-order valence-electron chi connectivity index (χ0n) is 15.5. The zero-order valence-corrected chi connectivity index (χ0v) is 15.5. The van der Waals surface area contributed by atoms with E-state index in [1.54, 1.807) is 0 Å². The minimum atomic E-state index is -1.47. The Hall–Kier alpha value is -0.890. The van der Waals surface area contributed by atoms with Crippen LogP contribution in [-0.2, 0) is 28.5 Å². The highest BCUT2D eigenvalue weighted by Gasteiger charge is 2.43. The number of amides is 1. The van der Waals surface area contributed by atoms with E-state index in [2.05, 4.69) is 5.32 Å². The molecule has 0 saturated carbocycles. The van der Waals surface area contributed by atoms with Crippen molar-refractivity contribution >= 4 is 5.91 Å². The Morgan fingerprint density at radius 1 is 0.963 bits per heavy atom. The fraction of sp³-hybridized carbons (Fsp3) is 0.938. The fourth-order valence-electron chi connectivity index (χ4n) is 2.30. The lowest BCUT2D eigenvalue weighted by atomic mass is 9.99. The van der Waals surface area contributed by atoms with Crippen molar-refractivity contribution in [2.45, 2.75) is 37.1 Å². The number of hydrogen-bond donors (Lipinski definition) is 5. The van der Waals surface area contributed by atoms with Gasteiger partial charge in [0.1, 0.15) is 24.4 Å². The highest BCUT2D eigenvalue weighted by molar-refractivity contribution is 5.75. The number of ether oxygens (including phenoxy) is 5. The number of hydrogen-bond acceptors (Lipinski definition) is 10. The third-order valence-electron chi connectivity index (χ3n) is 3.83. The highest BCUT2D eigenvalue weighted by atomic mass is 16.7. The largest absolute Gasteiger partial charge is 0.394 e. The molecule has 2 unspecified atom stereocenters. The summed E-state index contributed by atoms with van der Waals surface area (Å²) in [5.41, 5.74) is 0. The van der Waals surface area contributed by atoms with Gasteiger partial charge in [0.15, 0.2) is 6.29 Å². The maximum atomic E-state index is 11.3. The number of methoxy groups -OCH3 is 1. The van der Waals surface area contributed by atoms with Gasteiger partial charge in [-0.05, 0) is 0 Å². The monoisotopic (exact) mass is 397 g/mol. The normalized spacial score (nSPS) is 28.3. The van der Waals surface area contributed by atoms with Crippen LogP contribution in [0.25, 0.3) is 0 Å². The predicted octanol–water partition coefficient (Wildman–Crippen LogP) is -3.01. The van der Waals surface area contributed by atoms with E-state index in [9.17, 15) is 20.1 Å². The molecule has 160 valence electrons. The number of carbonyl (C=O) groups excluding carboxylic acids is 1. The smallest absolute Gasteiger partial charge is 0.222 e. The number of aliphatic hydroxyl groups excluding tert-OH is 4. The quantitative estimate of drug-likeness (QED) is 0.191. The van der Waals surface area contributed by atoms with Gasteiger partial charge in [-0.2, -0.15) is 0 Å². The van der Waals surface area contributed by atoms with Crippen LogP contribution in [-0.4, -0.2) is 117 Å². The number of carbonyl (C=O) groups is 1. The van der Waals surface area contributed by atoms with Crippen molar-refractivity contribution in [2.24, 2.45) is 0 Å². The first-order valence-corrected chi connectivity index (χ1v) is 8.84. The molecule has 1 heterocycles. The fourth-order valence-corrected chi connectivity index (χ4v) is 2.30. The molecule has 1 rings (SSSR count). The summed E-state index contributed by atoms with van der Waals surface area (Å²) in [6.45, 7) is 1.58. The van der Waals surface area contributed by atoms with Crippen molar-refractivity contribution in [2.75, 3.05) is 59.9 Å². The first-order chi connectivity index (χ1) is 13.0. The molecule has 5 N–H and O–H groups in total. The second-order valence-corrected chi connectivity index (χ2v) is 5.89. The number of rotatable bonds is 14. The summed E-state index contributed by atoms with van der Waals surface area (Å²) in [6.07, 6.45) is -6.16. The first-order valence-electron chi connectivity index (χ1n) is 8.84. The summed E-state index contributed by atoms with van der Waals surface area (Å²) in [5, 5.41) is 40.9. The molecule has 0 aliphatic carbocycles. The molecule has 1 saturated heterocycles. The average Bonchev–Trinajstić information content (AvgIpc) is 2.67. The molecule has 0 bridgehead atoms. The molecule has 5 atom stereocenters. The van der Waals surface area contributed by atoms with Crippen LogP contribution < -0.4 is 5.32 Å². The molecule has 0 aromatic carbocycles. The maximum absolute atomic E-state index is 11.3. The second-order valence-electron chi connectivity index (χ2n) is 5.89. The molecule has 0 spiro atoms. The van der Waals surface area contributed by atoms with Crippen LogP contribution in [0.15, 0.2) is 0 Å². The Kier molecular flexibility index (Phi) is 12.7. The summed E-state index contributed by atoms with van der Waals surface area (Å²) < 4.78 is 25.8. The molecule has 1 aliphatic rings. The van der Waals surface area contributed by atoms with Gasteiger partial charge >= 0.3 is 0 Å². The van der Waals surface area contributed by atoms with Gasteiger partial charge in [-0.3, -0.25) is 4.79 Å². The average molecular weight is 397 g/mol. The summed E-state index contributed by atoms with van der Waals surface area (Å²) >= 11 is 0. The Bertz CT molecular complexity index is 397. The van der Waals surface area contributed by atoms with E-state index in [1.165, 1.54) is 7.11 Å². The van der Waals surface area contributed by atoms with Gasteiger partial charge in [0, 0.05) is 20.1 Å². The lowest BCUT2D eigenvalue weighted by Crippen LogP contribution is -2.59. The molecule has 0 aromatic heterocycles. The SMILES string of the molecule is COCCC(=O)NCCOCCOCCO[C@H]1OC(CO)[C@@H](O)C(O)[C@H]1O. The topological polar surface area (TPSA) is 156 Å². The molecular formula is C16H31NO10. The Morgan fingerprint density at radius 2 is 1.63 bits per heavy atom. The van der Waals surface area contributed by atoms with Gasteiger partial charge in [0.2, 0.25) is 5.91 Å². The van der Waals surface area contributed by atoms with Crippen molar-refractivity contribution in [3.63, 3.8) is 0 Å². The van der Waals surface area contributed by atoms with E-state index in [0.717, 1.165) is 0 Å². The van der Waals surface area contributed by atoms with Crippen LogP contribution >= 0.6 is 0 Å². The van der Waals surface area contributed by atoms with E-state index in [0.29, 0.717) is 39.4 Å². The maximum Gasteiger partial charge on any atom is 0.222 e. The third kappa shape index (κ3) is 9.23. The Balaban J connectivity index is 1.99. The minimum Gasteiger partial charge on any atom is -0.394 e. The number of aliphatic hydroxyl groups is 4. The third-order valence-corrected chi connectivity index (χ3v) is 3.83. The Morgan fingerprint density at radius 3 is 2.30 bits per heavy atom. The van der Waals surface area contributed by atoms with E-state index in [-0.39, 0.29) is 19.1 Å².